The number of hydrogen-bond acceptors (Lipinski definition) is 1. The number of hydrogen-bond donors (Lipinski definition) is 0. The molecule has 0 N–H and O–H groups in total. The van der Waals surface area contributed by atoms with Gasteiger partial charge in [0.25, 0.3) is 0 Å². The maximum atomic E-state index is 2.60. The smallest absolute Gasteiger partial charge is 0.0726 e. The van der Waals surface area contributed by atoms with Gasteiger partial charge in [0.05, 0.1) is 5.41 Å². The Morgan fingerprint density at radius 1 is 0.367 bits per heavy atom. The van der Waals surface area contributed by atoms with Crippen LogP contribution in [-0.2, 0) is 5.41 Å². The van der Waals surface area contributed by atoms with Crippen molar-refractivity contribution >= 4 is 43.7 Å². The highest BCUT2D eigenvalue weighted by molar-refractivity contribution is 6.25. The van der Waals surface area contributed by atoms with Crippen LogP contribution in [0.15, 0.2) is 158 Å². The van der Waals surface area contributed by atoms with Crippen LogP contribution in [0.1, 0.15) is 43.0 Å². The van der Waals surface area contributed by atoms with Gasteiger partial charge in [-0.15, -0.1) is 0 Å². The Labute approximate surface area is 288 Å². The van der Waals surface area contributed by atoms with Crippen molar-refractivity contribution in [1.82, 2.24) is 0 Å². The van der Waals surface area contributed by atoms with Gasteiger partial charge in [-0.3, -0.25) is 0 Å². The Hall–Kier alpha value is -5.66. The molecule has 0 fully saturated rings. The molecule has 0 bridgehead atoms. The van der Waals surface area contributed by atoms with E-state index in [1.807, 2.05) is 0 Å². The highest BCUT2D eigenvalue weighted by Crippen LogP contribution is 2.63. The molecule has 1 nitrogen and oxygen atoms in total. The van der Waals surface area contributed by atoms with Gasteiger partial charge in [0.15, 0.2) is 0 Å². The van der Waals surface area contributed by atoms with Crippen LogP contribution < -0.4 is 4.90 Å². The minimum Gasteiger partial charge on any atom is -0.338 e. The average molecular weight is 628 g/mol. The average Bonchev–Trinajstić information content (AvgIpc) is 3.62. The summed E-state index contributed by atoms with van der Waals surface area (Å²) in [5.41, 5.74) is 13.0. The van der Waals surface area contributed by atoms with Crippen LogP contribution in [0.3, 0.4) is 0 Å². The third-order valence-corrected chi connectivity index (χ3v) is 11.6. The van der Waals surface area contributed by atoms with E-state index in [1.165, 1.54) is 88.2 Å². The molecule has 0 unspecified atom stereocenters. The largest absolute Gasteiger partial charge is 0.338 e. The van der Waals surface area contributed by atoms with Crippen molar-refractivity contribution in [1.29, 1.82) is 0 Å². The topological polar surface area (TPSA) is 3.24 Å². The van der Waals surface area contributed by atoms with E-state index in [9.17, 15) is 0 Å². The van der Waals surface area contributed by atoms with Gasteiger partial charge in [-0.1, -0.05) is 147 Å². The molecule has 0 amide bonds. The van der Waals surface area contributed by atoms with Crippen molar-refractivity contribution in [3.63, 3.8) is 0 Å². The highest BCUT2D eigenvalue weighted by atomic mass is 15.2. The second kappa shape index (κ2) is 10.4. The van der Waals surface area contributed by atoms with Crippen molar-refractivity contribution < 1.29 is 0 Å². The van der Waals surface area contributed by atoms with Crippen LogP contribution in [-0.4, -0.2) is 6.04 Å². The van der Waals surface area contributed by atoms with Gasteiger partial charge < -0.3 is 4.90 Å². The van der Waals surface area contributed by atoms with E-state index < -0.39 is 0 Å². The van der Waals surface area contributed by atoms with E-state index in [0.29, 0.717) is 5.92 Å². The van der Waals surface area contributed by atoms with Gasteiger partial charge in [0.2, 0.25) is 0 Å². The van der Waals surface area contributed by atoms with Crippen LogP contribution in [0.2, 0.25) is 0 Å². The Kier molecular flexibility index (Phi) is 6.03. The molecule has 0 heterocycles. The molecule has 1 heteroatoms. The SMILES string of the molecule is CC(C)[C@H](C)N(c1ccc2c(c1)C1(c3ccccc3-c3ccccc31)c1ccccc1-2)c1ccc2c3ccccc3c3ccccc3c2c1. The molecule has 49 heavy (non-hydrogen) atoms. The first-order valence-electron chi connectivity index (χ1n) is 17.6. The first-order valence-corrected chi connectivity index (χ1v) is 17.6. The maximum absolute atomic E-state index is 2.60. The first kappa shape index (κ1) is 28.4. The van der Waals surface area contributed by atoms with E-state index in [4.69, 9.17) is 0 Å². The minimum absolute atomic E-state index is 0.269. The lowest BCUT2D eigenvalue weighted by molar-refractivity contribution is 0.518. The molecule has 234 valence electrons. The van der Waals surface area contributed by atoms with Crippen molar-refractivity contribution in [2.24, 2.45) is 5.92 Å². The highest BCUT2D eigenvalue weighted by Gasteiger charge is 2.51. The Morgan fingerprint density at radius 2 is 0.755 bits per heavy atom. The third kappa shape index (κ3) is 3.76. The monoisotopic (exact) mass is 627 g/mol. The maximum Gasteiger partial charge on any atom is 0.0726 e. The third-order valence-electron chi connectivity index (χ3n) is 11.6. The fourth-order valence-electron chi connectivity index (χ4n) is 9.20. The molecule has 8 aromatic rings. The quantitative estimate of drug-likeness (QED) is 0.176. The summed E-state index contributed by atoms with van der Waals surface area (Å²) in [5.74, 6) is 0.441. The summed E-state index contributed by atoms with van der Waals surface area (Å²) in [7, 11) is 0. The molecule has 0 saturated heterocycles. The summed E-state index contributed by atoms with van der Waals surface area (Å²) >= 11 is 0. The van der Waals surface area contributed by atoms with Crippen LogP contribution in [0.5, 0.6) is 0 Å². The van der Waals surface area contributed by atoms with E-state index in [1.54, 1.807) is 0 Å². The van der Waals surface area contributed by atoms with Gasteiger partial charge in [-0.2, -0.15) is 0 Å². The Balaban J connectivity index is 1.24. The Bertz CT molecular complexity index is 2530. The zero-order chi connectivity index (χ0) is 32.9. The number of benzene rings is 8. The fraction of sp³-hybridized carbons (Fsp3) is 0.125. The normalized spacial score (nSPS) is 14.3. The van der Waals surface area contributed by atoms with Gasteiger partial charge in [-0.05, 0) is 114 Å². The Morgan fingerprint density at radius 3 is 1.27 bits per heavy atom. The molecular weight excluding hydrogens is 591 g/mol. The van der Waals surface area contributed by atoms with Crippen molar-refractivity contribution in [3.8, 4) is 22.3 Å². The molecule has 0 radical (unpaired) electrons. The molecule has 8 aromatic carbocycles. The number of rotatable bonds is 4. The molecule has 2 aliphatic rings. The van der Waals surface area contributed by atoms with Gasteiger partial charge >= 0.3 is 0 Å². The molecule has 0 aliphatic heterocycles. The van der Waals surface area contributed by atoms with Crippen molar-refractivity contribution in [2.75, 3.05) is 4.90 Å². The summed E-state index contributed by atoms with van der Waals surface area (Å²) in [6.07, 6.45) is 0. The molecule has 2 aliphatic carbocycles. The molecule has 1 atom stereocenters. The van der Waals surface area contributed by atoms with Gasteiger partial charge in [0, 0.05) is 17.4 Å². The zero-order valence-electron chi connectivity index (χ0n) is 28.1. The summed E-state index contributed by atoms with van der Waals surface area (Å²) in [6.45, 7) is 7.07. The van der Waals surface area contributed by atoms with E-state index in [2.05, 4.69) is 183 Å². The van der Waals surface area contributed by atoms with Gasteiger partial charge in [0.1, 0.15) is 0 Å². The summed E-state index contributed by atoms with van der Waals surface area (Å²) < 4.78 is 0. The van der Waals surface area contributed by atoms with Crippen LogP contribution >= 0.6 is 0 Å². The molecular formula is C48H37N. The fourth-order valence-corrected chi connectivity index (χ4v) is 9.20. The molecule has 0 aromatic heterocycles. The standard InChI is InChI=1S/C48H37N/c1-30(2)31(3)49(32-24-26-38-36-16-5-4-14-34(36)35-15-6-7-17-37(35)43(38)28-32)33-25-27-42-41-20-10-13-23-46(41)48(47(42)29-33)44-21-11-8-18-39(44)40-19-9-12-22-45(40)48/h4-31H,1-3H3/t31-/m0/s1. The lowest BCUT2D eigenvalue weighted by atomic mass is 9.70. The zero-order valence-corrected chi connectivity index (χ0v) is 28.1. The van der Waals surface area contributed by atoms with E-state index >= 15 is 0 Å². The summed E-state index contributed by atoms with van der Waals surface area (Å²) in [4.78, 5) is 2.60. The predicted molar refractivity (Wildman–Crippen MR) is 208 cm³/mol. The lowest BCUT2D eigenvalue weighted by Crippen LogP contribution is -2.33. The number of anilines is 2. The molecule has 1 spiro atoms. The second-order valence-electron chi connectivity index (χ2n) is 14.3. The van der Waals surface area contributed by atoms with Crippen molar-refractivity contribution in [3.05, 3.63) is 180 Å². The summed E-state index contributed by atoms with van der Waals surface area (Å²) in [6, 6.07) is 59.7. The van der Waals surface area contributed by atoms with E-state index in [-0.39, 0.29) is 11.5 Å². The lowest BCUT2D eigenvalue weighted by Gasteiger charge is -2.36. The minimum atomic E-state index is -0.361. The number of fused-ring (bicyclic) bond motifs is 16. The van der Waals surface area contributed by atoms with Crippen LogP contribution in [0.4, 0.5) is 11.4 Å². The number of nitrogens with zero attached hydrogens (tertiary/aromatic N) is 1. The molecule has 10 rings (SSSR count). The van der Waals surface area contributed by atoms with Crippen LogP contribution in [0, 0.1) is 5.92 Å². The van der Waals surface area contributed by atoms with E-state index in [0.717, 1.165) is 0 Å². The summed E-state index contributed by atoms with van der Waals surface area (Å²) in [5, 5.41) is 7.84. The van der Waals surface area contributed by atoms with Gasteiger partial charge in [-0.25, -0.2) is 0 Å². The molecule has 0 saturated carbocycles. The first-order chi connectivity index (χ1) is 24.1. The van der Waals surface area contributed by atoms with Crippen LogP contribution in [0.25, 0.3) is 54.6 Å². The second-order valence-corrected chi connectivity index (χ2v) is 14.3. The van der Waals surface area contributed by atoms with Crippen molar-refractivity contribution in [2.45, 2.75) is 32.2 Å². The predicted octanol–water partition coefficient (Wildman–Crippen LogP) is 12.7.